The zero-order valence-electron chi connectivity index (χ0n) is 16.1. The van der Waals surface area contributed by atoms with Gasteiger partial charge in [-0.2, -0.15) is 0 Å². The van der Waals surface area contributed by atoms with E-state index in [1.807, 2.05) is 37.2 Å². The molecule has 0 spiro atoms. The summed E-state index contributed by atoms with van der Waals surface area (Å²) in [7, 11) is 5.31. The predicted octanol–water partition coefficient (Wildman–Crippen LogP) is 4.71. The number of aromatic nitrogens is 3. The highest BCUT2D eigenvalue weighted by Gasteiger charge is 2.17. The molecule has 2 aromatic heterocycles. The van der Waals surface area contributed by atoms with Crippen LogP contribution < -0.4 is 9.64 Å². The molecule has 5 nitrogen and oxygen atoms in total. The summed E-state index contributed by atoms with van der Waals surface area (Å²) in [4.78, 5) is 15.4. The summed E-state index contributed by atoms with van der Waals surface area (Å²) in [6.07, 6.45) is 3.38. The smallest absolute Gasteiger partial charge is 0.163 e. The van der Waals surface area contributed by atoms with Crippen molar-refractivity contribution in [3.8, 4) is 28.3 Å². The van der Waals surface area contributed by atoms with Crippen molar-refractivity contribution in [2.75, 3.05) is 26.1 Å². The third-order valence-corrected chi connectivity index (χ3v) is 4.56. The summed E-state index contributed by atoms with van der Waals surface area (Å²) >= 11 is 0. The monoisotopic (exact) mass is 392 g/mol. The highest BCUT2D eigenvalue weighted by molar-refractivity contribution is 5.98. The summed E-state index contributed by atoms with van der Waals surface area (Å²) in [5, 5.41) is 0.738. The normalized spacial score (nSPS) is 10.9. The lowest BCUT2D eigenvalue weighted by Crippen LogP contribution is -2.12. The molecule has 4 aromatic rings. The zero-order valence-corrected chi connectivity index (χ0v) is 16.1. The first-order valence-electron chi connectivity index (χ1n) is 8.91. The van der Waals surface area contributed by atoms with Crippen LogP contribution in [0.1, 0.15) is 0 Å². The minimum absolute atomic E-state index is 0.512. The fourth-order valence-electron chi connectivity index (χ4n) is 3.15. The molecule has 0 aliphatic carbocycles. The van der Waals surface area contributed by atoms with E-state index < -0.39 is 11.6 Å². The second-order valence-electron chi connectivity index (χ2n) is 6.71. The Hall–Kier alpha value is -3.61. The number of benzene rings is 2. The van der Waals surface area contributed by atoms with Gasteiger partial charge in [0.25, 0.3) is 0 Å². The minimum Gasteiger partial charge on any atom is -0.494 e. The minimum atomic E-state index is -0.905. The molecular formula is C22H18F2N4O. The summed E-state index contributed by atoms with van der Waals surface area (Å²) in [6.45, 7) is 0. The molecule has 0 aliphatic heterocycles. The van der Waals surface area contributed by atoms with Gasteiger partial charge in [0.15, 0.2) is 17.5 Å². The van der Waals surface area contributed by atoms with E-state index >= 15 is 0 Å². The van der Waals surface area contributed by atoms with Crippen molar-refractivity contribution < 1.29 is 13.5 Å². The van der Waals surface area contributed by atoms with Crippen molar-refractivity contribution in [2.45, 2.75) is 0 Å². The molecule has 0 radical (unpaired) electrons. The maximum atomic E-state index is 13.8. The zero-order chi connectivity index (χ0) is 20.5. The van der Waals surface area contributed by atoms with Gasteiger partial charge in [0.05, 0.1) is 7.11 Å². The molecule has 2 aromatic carbocycles. The Morgan fingerprint density at radius 1 is 0.897 bits per heavy atom. The third-order valence-electron chi connectivity index (χ3n) is 4.56. The van der Waals surface area contributed by atoms with Gasteiger partial charge in [-0.15, -0.1) is 0 Å². The van der Waals surface area contributed by atoms with Crippen LogP contribution >= 0.6 is 0 Å². The number of halogens is 2. The predicted molar refractivity (Wildman–Crippen MR) is 109 cm³/mol. The van der Waals surface area contributed by atoms with E-state index in [1.165, 1.54) is 6.07 Å². The fourth-order valence-corrected chi connectivity index (χ4v) is 3.15. The van der Waals surface area contributed by atoms with E-state index in [2.05, 4.69) is 9.97 Å². The van der Waals surface area contributed by atoms with Gasteiger partial charge in [-0.1, -0.05) is 6.07 Å². The maximum Gasteiger partial charge on any atom is 0.163 e. The number of rotatable bonds is 4. The molecule has 0 aliphatic rings. The van der Waals surface area contributed by atoms with Crippen molar-refractivity contribution in [3.05, 3.63) is 66.5 Å². The lowest BCUT2D eigenvalue weighted by atomic mass is 10.0. The molecule has 4 rings (SSSR count). The van der Waals surface area contributed by atoms with Crippen LogP contribution in [0.3, 0.4) is 0 Å². The standard InChI is InChI=1S/C22H18F2N4O/c1-28(2)22-16-9-15(13-6-7-17(23)18(24)10-13)11-19(29-3)20(16)26-21(27-22)14-5-4-8-25-12-14/h4-12H,1-3H3. The summed E-state index contributed by atoms with van der Waals surface area (Å²) in [6, 6.07) is 11.1. The molecule has 2 heterocycles. The number of hydrogen-bond acceptors (Lipinski definition) is 5. The van der Waals surface area contributed by atoms with Gasteiger partial charge in [-0.25, -0.2) is 18.7 Å². The Labute approximate surface area is 166 Å². The quantitative estimate of drug-likeness (QED) is 0.503. The molecule has 0 saturated heterocycles. The first-order chi connectivity index (χ1) is 14.0. The average molecular weight is 392 g/mol. The van der Waals surface area contributed by atoms with Gasteiger partial charge in [-0.05, 0) is 47.5 Å². The molecule has 0 N–H and O–H groups in total. The molecule has 0 atom stereocenters. The molecule has 0 saturated carbocycles. The van der Waals surface area contributed by atoms with Gasteiger partial charge in [0, 0.05) is 37.4 Å². The van der Waals surface area contributed by atoms with E-state index in [0.717, 1.165) is 23.1 Å². The Kier molecular flexibility index (Phi) is 4.80. The van der Waals surface area contributed by atoms with Gasteiger partial charge < -0.3 is 9.64 Å². The SMILES string of the molecule is COc1cc(-c2ccc(F)c(F)c2)cc2c(N(C)C)nc(-c3cccnc3)nc12. The molecule has 0 bridgehead atoms. The number of fused-ring (bicyclic) bond motifs is 1. The van der Waals surface area contributed by atoms with Gasteiger partial charge in [0.2, 0.25) is 0 Å². The molecule has 29 heavy (non-hydrogen) atoms. The van der Waals surface area contributed by atoms with Crippen LogP contribution in [0.5, 0.6) is 5.75 Å². The van der Waals surface area contributed by atoms with Crippen molar-refractivity contribution in [3.63, 3.8) is 0 Å². The second kappa shape index (κ2) is 7.43. The summed E-state index contributed by atoms with van der Waals surface area (Å²) in [5.74, 6) is -0.0832. The Bertz CT molecular complexity index is 1200. The summed E-state index contributed by atoms with van der Waals surface area (Å²) in [5.41, 5.74) is 2.61. The highest BCUT2D eigenvalue weighted by atomic mass is 19.2. The van der Waals surface area contributed by atoms with E-state index in [9.17, 15) is 8.78 Å². The molecule has 0 fully saturated rings. The molecule has 0 amide bonds. The Morgan fingerprint density at radius 2 is 1.72 bits per heavy atom. The Balaban J connectivity index is 2.00. The van der Waals surface area contributed by atoms with E-state index in [0.29, 0.717) is 34.0 Å². The molecule has 7 heteroatoms. The molecular weight excluding hydrogens is 374 g/mol. The average Bonchev–Trinajstić information content (AvgIpc) is 2.74. The first-order valence-corrected chi connectivity index (χ1v) is 8.91. The van der Waals surface area contributed by atoms with Crippen LogP contribution in [0, 0.1) is 11.6 Å². The van der Waals surface area contributed by atoms with E-state index in [1.54, 1.807) is 25.6 Å². The maximum absolute atomic E-state index is 13.8. The lowest BCUT2D eigenvalue weighted by molar-refractivity contribution is 0.419. The van der Waals surface area contributed by atoms with Crippen molar-refractivity contribution in [1.29, 1.82) is 0 Å². The highest BCUT2D eigenvalue weighted by Crippen LogP contribution is 2.36. The van der Waals surface area contributed by atoms with Gasteiger partial charge in [0.1, 0.15) is 17.1 Å². The number of hydrogen-bond donors (Lipinski definition) is 0. The fraction of sp³-hybridized carbons (Fsp3) is 0.136. The second-order valence-corrected chi connectivity index (χ2v) is 6.71. The first kappa shape index (κ1) is 18.7. The number of methoxy groups -OCH3 is 1. The van der Waals surface area contributed by atoms with Crippen molar-refractivity contribution >= 4 is 16.7 Å². The molecule has 146 valence electrons. The lowest BCUT2D eigenvalue weighted by Gasteiger charge is -2.18. The number of anilines is 1. The third kappa shape index (κ3) is 3.47. The number of ether oxygens (including phenoxy) is 1. The van der Waals surface area contributed by atoms with Crippen molar-refractivity contribution in [1.82, 2.24) is 15.0 Å². The largest absolute Gasteiger partial charge is 0.494 e. The number of nitrogens with zero attached hydrogens (tertiary/aromatic N) is 4. The topological polar surface area (TPSA) is 51.1 Å². The van der Waals surface area contributed by atoms with Crippen LogP contribution in [-0.4, -0.2) is 36.2 Å². The van der Waals surface area contributed by atoms with Crippen LogP contribution in [0.15, 0.2) is 54.9 Å². The van der Waals surface area contributed by atoms with E-state index in [-0.39, 0.29) is 0 Å². The molecule has 0 unspecified atom stereocenters. The van der Waals surface area contributed by atoms with Crippen molar-refractivity contribution in [2.24, 2.45) is 0 Å². The van der Waals surface area contributed by atoms with Gasteiger partial charge >= 0.3 is 0 Å². The van der Waals surface area contributed by atoms with Crippen LogP contribution in [-0.2, 0) is 0 Å². The number of pyridine rings is 1. The van der Waals surface area contributed by atoms with Crippen LogP contribution in [0.25, 0.3) is 33.4 Å². The van der Waals surface area contributed by atoms with Crippen LogP contribution in [0.2, 0.25) is 0 Å². The van der Waals surface area contributed by atoms with Gasteiger partial charge in [-0.3, -0.25) is 4.98 Å². The van der Waals surface area contributed by atoms with Crippen LogP contribution in [0.4, 0.5) is 14.6 Å². The Morgan fingerprint density at radius 3 is 2.38 bits per heavy atom. The van der Waals surface area contributed by atoms with E-state index in [4.69, 9.17) is 9.72 Å². The summed E-state index contributed by atoms with van der Waals surface area (Å²) < 4.78 is 32.7.